The Balaban J connectivity index is 1.38. The molecule has 27 heavy (non-hydrogen) atoms. The minimum Gasteiger partial charge on any atom is -0.448 e. The SMILES string of the molecule is Cc1cc(C)n2nc(C(=O)Nc3ccc4c(c3)OC3(CCCC3)O4)nc2n1. The van der Waals surface area contributed by atoms with Crippen molar-refractivity contribution in [3.05, 3.63) is 41.5 Å². The minimum absolute atomic E-state index is 0.0705. The zero-order valence-electron chi connectivity index (χ0n) is 15.2. The van der Waals surface area contributed by atoms with Gasteiger partial charge in [0.15, 0.2) is 11.5 Å². The van der Waals surface area contributed by atoms with E-state index in [2.05, 4.69) is 20.4 Å². The summed E-state index contributed by atoms with van der Waals surface area (Å²) in [5, 5.41) is 7.08. The molecule has 2 aliphatic rings. The normalized spacial score (nSPS) is 17.0. The van der Waals surface area contributed by atoms with E-state index in [1.165, 1.54) is 0 Å². The van der Waals surface area contributed by atoms with Crippen LogP contribution >= 0.6 is 0 Å². The predicted octanol–water partition coefficient (Wildman–Crippen LogP) is 3.03. The summed E-state index contributed by atoms with van der Waals surface area (Å²) in [5.41, 5.74) is 2.31. The van der Waals surface area contributed by atoms with Gasteiger partial charge in [0.25, 0.3) is 17.5 Å². The number of rotatable bonds is 2. The Labute approximate surface area is 155 Å². The fourth-order valence-corrected chi connectivity index (χ4v) is 3.74. The Morgan fingerprint density at radius 2 is 1.89 bits per heavy atom. The molecule has 0 unspecified atom stereocenters. The number of carbonyl (C=O) groups is 1. The first-order valence-electron chi connectivity index (χ1n) is 9.06. The van der Waals surface area contributed by atoms with Gasteiger partial charge >= 0.3 is 0 Å². The van der Waals surface area contributed by atoms with Crippen molar-refractivity contribution in [2.45, 2.75) is 45.3 Å². The third kappa shape index (κ3) is 2.68. The summed E-state index contributed by atoms with van der Waals surface area (Å²) in [6, 6.07) is 7.28. The number of anilines is 1. The van der Waals surface area contributed by atoms with E-state index in [1.807, 2.05) is 26.0 Å². The van der Waals surface area contributed by atoms with Gasteiger partial charge in [0, 0.05) is 36.0 Å². The molecule has 8 heteroatoms. The Hall–Kier alpha value is -3.16. The lowest BCUT2D eigenvalue weighted by molar-refractivity contribution is -0.0716. The molecule has 1 aliphatic heterocycles. The second kappa shape index (κ2) is 5.67. The van der Waals surface area contributed by atoms with Crippen molar-refractivity contribution in [3.63, 3.8) is 0 Å². The van der Waals surface area contributed by atoms with E-state index in [9.17, 15) is 4.79 Å². The smallest absolute Gasteiger partial charge is 0.295 e. The highest BCUT2D eigenvalue weighted by Crippen LogP contribution is 2.47. The number of aryl methyl sites for hydroxylation is 2. The molecule has 0 saturated heterocycles. The Morgan fingerprint density at radius 1 is 1.11 bits per heavy atom. The summed E-state index contributed by atoms with van der Waals surface area (Å²) in [7, 11) is 0. The van der Waals surface area contributed by atoms with Crippen LogP contribution in [0.4, 0.5) is 5.69 Å². The van der Waals surface area contributed by atoms with Gasteiger partial charge in [0.05, 0.1) is 0 Å². The summed E-state index contributed by atoms with van der Waals surface area (Å²) in [6.45, 7) is 3.78. The zero-order chi connectivity index (χ0) is 18.6. The number of aromatic nitrogens is 4. The largest absolute Gasteiger partial charge is 0.448 e. The van der Waals surface area contributed by atoms with Gasteiger partial charge in [-0.1, -0.05) is 0 Å². The quantitative estimate of drug-likeness (QED) is 0.751. The summed E-state index contributed by atoms with van der Waals surface area (Å²) in [4.78, 5) is 21.1. The van der Waals surface area contributed by atoms with Crippen molar-refractivity contribution >= 4 is 17.4 Å². The summed E-state index contributed by atoms with van der Waals surface area (Å²) in [6.07, 6.45) is 3.98. The van der Waals surface area contributed by atoms with Gasteiger partial charge in [-0.15, -0.1) is 5.10 Å². The number of nitrogens with zero attached hydrogens (tertiary/aromatic N) is 4. The van der Waals surface area contributed by atoms with Crippen molar-refractivity contribution in [3.8, 4) is 11.5 Å². The molecule has 0 bridgehead atoms. The van der Waals surface area contributed by atoms with E-state index in [-0.39, 0.29) is 5.82 Å². The van der Waals surface area contributed by atoms with Crippen LogP contribution < -0.4 is 14.8 Å². The molecule has 1 N–H and O–H groups in total. The van der Waals surface area contributed by atoms with Crippen LogP contribution in [0.1, 0.15) is 47.7 Å². The molecule has 1 saturated carbocycles. The van der Waals surface area contributed by atoms with Crippen LogP contribution in [0.25, 0.3) is 5.78 Å². The summed E-state index contributed by atoms with van der Waals surface area (Å²) >= 11 is 0. The van der Waals surface area contributed by atoms with Crippen LogP contribution in [0.15, 0.2) is 24.3 Å². The zero-order valence-corrected chi connectivity index (χ0v) is 15.2. The molecule has 1 aliphatic carbocycles. The molecule has 1 spiro atoms. The van der Waals surface area contributed by atoms with Crippen molar-refractivity contribution in [1.82, 2.24) is 19.6 Å². The number of hydrogen-bond acceptors (Lipinski definition) is 6. The summed E-state index contributed by atoms with van der Waals surface area (Å²) in [5.74, 6) is 0.941. The lowest BCUT2D eigenvalue weighted by atomic mass is 10.2. The van der Waals surface area contributed by atoms with Gasteiger partial charge < -0.3 is 14.8 Å². The molecule has 0 atom stereocenters. The topological polar surface area (TPSA) is 90.6 Å². The van der Waals surface area contributed by atoms with E-state index < -0.39 is 11.7 Å². The average molecular weight is 365 g/mol. The number of carbonyl (C=O) groups excluding carboxylic acids is 1. The molecule has 3 aromatic rings. The van der Waals surface area contributed by atoms with Crippen LogP contribution in [-0.2, 0) is 0 Å². The third-order valence-electron chi connectivity index (χ3n) is 4.98. The first kappa shape index (κ1) is 16.0. The molecule has 138 valence electrons. The maximum absolute atomic E-state index is 12.6. The van der Waals surface area contributed by atoms with Crippen LogP contribution in [0.2, 0.25) is 0 Å². The molecular formula is C19H19N5O3. The highest BCUT2D eigenvalue weighted by Gasteiger charge is 2.44. The standard InChI is InChI=1S/C19H19N5O3/c1-11-9-12(2)24-18(20-11)22-16(23-24)17(25)21-13-5-6-14-15(10-13)27-19(26-14)7-3-4-8-19/h5-6,9-10H,3-4,7-8H2,1-2H3,(H,21,25). The van der Waals surface area contributed by atoms with E-state index in [0.29, 0.717) is 17.2 Å². The number of benzene rings is 1. The average Bonchev–Trinajstić information content (AvgIpc) is 3.32. The first-order valence-corrected chi connectivity index (χ1v) is 9.06. The Bertz CT molecular complexity index is 1070. The Kier molecular flexibility index (Phi) is 3.37. The van der Waals surface area contributed by atoms with Crippen LogP contribution in [0, 0.1) is 13.8 Å². The molecule has 0 radical (unpaired) electrons. The van der Waals surface area contributed by atoms with Gasteiger partial charge in [-0.05, 0) is 44.9 Å². The van der Waals surface area contributed by atoms with Crippen molar-refractivity contribution < 1.29 is 14.3 Å². The third-order valence-corrected chi connectivity index (χ3v) is 4.98. The van der Waals surface area contributed by atoms with E-state index in [1.54, 1.807) is 16.6 Å². The van der Waals surface area contributed by atoms with Crippen LogP contribution in [0.5, 0.6) is 11.5 Å². The first-order chi connectivity index (χ1) is 13.0. The molecule has 2 aromatic heterocycles. The predicted molar refractivity (Wildman–Crippen MR) is 97.1 cm³/mol. The fraction of sp³-hybridized carbons (Fsp3) is 0.368. The second-order valence-electron chi connectivity index (χ2n) is 7.12. The monoisotopic (exact) mass is 365 g/mol. The molecule has 1 aromatic carbocycles. The number of hydrogen-bond donors (Lipinski definition) is 1. The van der Waals surface area contributed by atoms with Crippen LogP contribution in [0.3, 0.4) is 0 Å². The van der Waals surface area contributed by atoms with Gasteiger partial charge in [0.1, 0.15) is 0 Å². The second-order valence-corrected chi connectivity index (χ2v) is 7.12. The Morgan fingerprint density at radius 3 is 2.70 bits per heavy atom. The van der Waals surface area contributed by atoms with E-state index >= 15 is 0 Å². The van der Waals surface area contributed by atoms with Crippen molar-refractivity contribution in [2.24, 2.45) is 0 Å². The van der Waals surface area contributed by atoms with E-state index in [0.717, 1.165) is 42.8 Å². The van der Waals surface area contributed by atoms with Gasteiger partial charge in [0.2, 0.25) is 5.82 Å². The number of amides is 1. The molecule has 8 nitrogen and oxygen atoms in total. The molecule has 3 heterocycles. The van der Waals surface area contributed by atoms with Gasteiger partial charge in [-0.2, -0.15) is 4.98 Å². The van der Waals surface area contributed by atoms with Crippen LogP contribution in [-0.4, -0.2) is 31.3 Å². The number of ether oxygens (including phenoxy) is 2. The van der Waals surface area contributed by atoms with E-state index in [4.69, 9.17) is 9.47 Å². The van der Waals surface area contributed by atoms with Crippen molar-refractivity contribution in [1.29, 1.82) is 0 Å². The highest BCUT2D eigenvalue weighted by atomic mass is 16.7. The van der Waals surface area contributed by atoms with Gasteiger partial charge in [-0.3, -0.25) is 4.79 Å². The molecule has 1 fully saturated rings. The van der Waals surface area contributed by atoms with Crippen molar-refractivity contribution in [2.75, 3.05) is 5.32 Å². The summed E-state index contributed by atoms with van der Waals surface area (Å²) < 4.78 is 13.6. The minimum atomic E-state index is -0.519. The van der Waals surface area contributed by atoms with Gasteiger partial charge in [-0.25, -0.2) is 9.50 Å². The number of fused-ring (bicyclic) bond motifs is 2. The highest BCUT2D eigenvalue weighted by molar-refractivity contribution is 6.02. The lowest BCUT2D eigenvalue weighted by Gasteiger charge is -2.21. The molecule has 1 amide bonds. The molecule has 5 rings (SSSR count). The fourth-order valence-electron chi connectivity index (χ4n) is 3.74. The lowest BCUT2D eigenvalue weighted by Crippen LogP contribution is -2.34. The molecular weight excluding hydrogens is 346 g/mol. The number of nitrogens with one attached hydrogen (secondary N) is 1. The maximum atomic E-state index is 12.6. The maximum Gasteiger partial charge on any atom is 0.295 e.